The molecule has 2 aromatic carbocycles. The Bertz CT molecular complexity index is 730. The summed E-state index contributed by atoms with van der Waals surface area (Å²) in [5.74, 6) is -0.175. The minimum absolute atomic E-state index is 0.0632. The molecule has 0 bridgehead atoms. The molecule has 1 aliphatic rings. The van der Waals surface area contributed by atoms with Crippen molar-refractivity contribution in [3.05, 3.63) is 64.9 Å². The predicted molar refractivity (Wildman–Crippen MR) is 102 cm³/mol. The first kappa shape index (κ1) is 18.7. The van der Waals surface area contributed by atoms with Crippen molar-refractivity contribution in [1.82, 2.24) is 5.32 Å². The molecule has 3 rings (SSSR count). The maximum Gasteiger partial charge on any atom is 0.275 e. The Morgan fingerprint density at radius 1 is 1.12 bits per heavy atom. The Balaban J connectivity index is 1.38. The second-order valence-corrected chi connectivity index (χ2v) is 7.00. The van der Waals surface area contributed by atoms with Crippen LogP contribution < -0.4 is 15.1 Å². The molecule has 1 aliphatic heterocycles. The van der Waals surface area contributed by atoms with Crippen molar-refractivity contribution in [2.45, 2.75) is 6.42 Å². The van der Waals surface area contributed by atoms with E-state index in [4.69, 9.17) is 11.6 Å². The van der Waals surface area contributed by atoms with Crippen molar-refractivity contribution in [1.29, 1.82) is 0 Å². The fourth-order valence-electron chi connectivity index (χ4n) is 3.24. The van der Waals surface area contributed by atoms with E-state index in [1.54, 1.807) is 12.1 Å². The molecule has 1 heterocycles. The average Bonchev–Trinajstić information content (AvgIpc) is 2.65. The first-order valence-corrected chi connectivity index (χ1v) is 9.34. The third-order valence-electron chi connectivity index (χ3n) is 4.72. The topological polar surface area (TPSA) is 36.8 Å². The molecule has 0 atom stereocenters. The Morgan fingerprint density at radius 2 is 1.81 bits per heavy atom. The van der Waals surface area contributed by atoms with Crippen LogP contribution >= 0.6 is 11.6 Å². The van der Waals surface area contributed by atoms with Gasteiger partial charge in [-0.1, -0.05) is 35.9 Å². The van der Waals surface area contributed by atoms with Gasteiger partial charge in [0.15, 0.2) is 6.54 Å². The third-order valence-corrected chi connectivity index (χ3v) is 5.04. The molecule has 1 amide bonds. The summed E-state index contributed by atoms with van der Waals surface area (Å²) in [6, 6.07) is 14.3. The van der Waals surface area contributed by atoms with Gasteiger partial charge in [0.1, 0.15) is 5.82 Å². The number of hydrogen-bond acceptors (Lipinski definition) is 2. The minimum Gasteiger partial charge on any atom is -0.359 e. The standard InChI is InChI=1S/C20H23ClFN3O/c21-18-3-1-2-4-19(18)25-13-11-24(12-14-25)15-20(26)23-10-9-16-5-7-17(22)8-6-16/h1-8H,9-15H2,(H,23,26)/p+1. The summed E-state index contributed by atoms with van der Waals surface area (Å²) in [7, 11) is 0. The summed E-state index contributed by atoms with van der Waals surface area (Å²) in [5.41, 5.74) is 2.09. The van der Waals surface area contributed by atoms with E-state index in [1.165, 1.54) is 17.0 Å². The zero-order valence-corrected chi connectivity index (χ0v) is 15.4. The second-order valence-electron chi connectivity index (χ2n) is 6.59. The Hall–Kier alpha value is -2.11. The number of quaternary nitrogens is 1. The van der Waals surface area contributed by atoms with Crippen LogP contribution in [0.2, 0.25) is 5.02 Å². The number of carbonyl (C=O) groups excluding carboxylic acids is 1. The molecule has 6 heteroatoms. The molecule has 2 N–H and O–H groups in total. The number of halogens is 2. The number of nitrogens with one attached hydrogen (secondary N) is 2. The van der Waals surface area contributed by atoms with Gasteiger partial charge in [0.25, 0.3) is 5.91 Å². The molecular weight excluding hydrogens is 353 g/mol. The monoisotopic (exact) mass is 376 g/mol. The third kappa shape index (κ3) is 5.19. The molecule has 0 spiro atoms. The SMILES string of the molecule is O=C(C[NH+]1CCN(c2ccccc2Cl)CC1)NCCc1ccc(F)cc1. The van der Waals surface area contributed by atoms with Gasteiger partial charge in [0.05, 0.1) is 36.9 Å². The molecule has 0 aromatic heterocycles. The van der Waals surface area contributed by atoms with Gasteiger partial charge in [-0.05, 0) is 36.2 Å². The summed E-state index contributed by atoms with van der Waals surface area (Å²) in [6.45, 7) is 4.67. The molecular formula is C20H24ClFN3O+. The number of rotatable bonds is 6. The van der Waals surface area contributed by atoms with Crippen LogP contribution in [-0.2, 0) is 11.2 Å². The molecule has 1 fully saturated rings. The van der Waals surface area contributed by atoms with E-state index in [0.717, 1.165) is 42.5 Å². The van der Waals surface area contributed by atoms with Crippen molar-refractivity contribution in [2.75, 3.05) is 44.2 Å². The van der Waals surface area contributed by atoms with E-state index in [9.17, 15) is 9.18 Å². The van der Waals surface area contributed by atoms with E-state index in [-0.39, 0.29) is 11.7 Å². The number of benzene rings is 2. The molecule has 138 valence electrons. The number of anilines is 1. The van der Waals surface area contributed by atoms with E-state index < -0.39 is 0 Å². The maximum absolute atomic E-state index is 12.9. The lowest BCUT2D eigenvalue weighted by atomic mass is 10.1. The van der Waals surface area contributed by atoms with Gasteiger partial charge in [0.2, 0.25) is 0 Å². The molecule has 0 saturated carbocycles. The van der Waals surface area contributed by atoms with Crippen LogP contribution in [0.15, 0.2) is 48.5 Å². The smallest absolute Gasteiger partial charge is 0.275 e. The van der Waals surface area contributed by atoms with Crippen molar-refractivity contribution >= 4 is 23.2 Å². The van der Waals surface area contributed by atoms with E-state index >= 15 is 0 Å². The highest BCUT2D eigenvalue weighted by Crippen LogP contribution is 2.24. The van der Waals surface area contributed by atoms with Gasteiger partial charge in [0, 0.05) is 6.54 Å². The largest absolute Gasteiger partial charge is 0.359 e. The summed E-state index contributed by atoms with van der Waals surface area (Å²) in [5, 5.41) is 3.73. The predicted octanol–water partition coefficient (Wildman–Crippen LogP) is 1.54. The van der Waals surface area contributed by atoms with Crippen molar-refractivity contribution in [3.8, 4) is 0 Å². The lowest BCUT2D eigenvalue weighted by Crippen LogP contribution is -3.16. The molecule has 4 nitrogen and oxygen atoms in total. The quantitative estimate of drug-likeness (QED) is 0.802. The highest BCUT2D eigenvalue weighted by atomic mass is 35.5. The Labute approximate surface area is 158 Å². The molecule has 0 unspecified atom stereocenters. The van der Waals surface area contributed by atoms with Gasteiger partial charge in [-0.3, -0.25) is 4.79 Å². The molecule has 0 aliphatic carbocycles. The summed E-state index contributed by atoms with van der Waals surface area (Å²) < 4.78 is 12.9. The second kappa shape index (κ2) is 9.01. The number of piperazine rings is 1. The lowest BCUT2D eigenvalue weighted by molar-refractivity contribution is -0.892. The lowest BCUT2D eigenvalue weighted by Gasteiger charge is -2.33. The van der Waals surface area contributed by atoms with Gasteiger partial charge >= 0.3 is 0 Å². The van der Waals surface area contributed by atoms with Crippen LogP contribution in [0.1, 0.15) is 5.56 Å². The van der Waals surface area contributed by atoms with Crippen LogP contribution in [0.25, 0.3) is 0 Å². The number of amides is 1. The first-order chi connectivity index (χ1) is 12.6. The Morgan fingerprint density at radius 3 is 2.50 bits per heavy atom. The highest BCUT2D eigenvalue weighted by molar-refractivity contribution is 6.33. The van der Waals surface area contributed by atoms with Crippen LogP contribution in [-0.4, -0.2) is 45.2 Å². The van der Waals surface area contributed by atoms with Crippen LogP contribution in [0.4, 0.5) is 10.1 Å². The maximum atomic E-state index is 12.9. The highest BCUT2D eigenvalue weighted by Gasteiger charge is 2.23. The van der Waals surface area contributed by atoms with Crippen LogP contribution in [0.5, 0.6) is 0 Å². The summed E-state index contributed by atoms with van der Waals surface area (Å²) >= 11 is 6.26. The fourth-order valence-corrected chi connectivity index (χ4v) is 3.49. The number of nitrogens with zero attached hydrogens (tertiary/aromatic N) is 1. The molecule has 26 heavy (non-hydrogen) atoms. The van der Waals surface area contributed by atoms with Gasteiger partial charge in [-0.2, -0.15) is 0 Å². The molecule has 0 radical (unpaired) electrons. The Kier molecular flexibility index (Phi) is 6.47. The average molecular weight is 377 g/mol. The van der Waals surface area contributed by atoms with Gasteiger partial charge in [-0.15, -0.1) is 0 Å². The van der Waals surface area contributed by atoms with E-state index in [0.29, 0.717) is 19.5 Å². The van der Waals surface area contributed by atoms with Gasteiger partial charge in [-0.25, -0.2) is 4.39 Å². The molecule has 2 aromatic rings. The van der Waals surface area contributed by atoms with Crippen molar-refractivity contribution in [2.24, 2.45) is 0 Å². The zero-order valence-electron chi connectivity index (χ0n) is 14.7. The summed E-state index contributed by atoms with van der Waals surface area (Å²) in [4.78, 5) is 15.7. The number of carbonyl (C=O) groups is 1. The first-order valence-electron chi connectivity index (χ1n) is 8.96. The fraction of sp³-hybridized carbons (Fsp3) is 0.350. The van der Waals surface area contributed by atoms with Crippen LogP contribution in [0.3, 0.4) is 0 Å². The summed E-state index contributed by atoms with van der Waals surface area (Å²) in [6.07, 6.45) is 0.710. The van der Waals surface area contributed by atoms with E-state index in [2.05, 4.69) is 10.2 Å². The van der Waals surface area contributed by atoms with Crippen molar-refractivity contribution < 1.29 is 14.1 Å². The normalized spacial score (nSPS) is 15.1. The number of para-hydroxylation sites is 1. The minimum atomic E-state index is -0.239. The van der Waals surface area contributed by atoms with Crippen molar-refractivity contribution in [3.63, 3.8) is 0 Å². The van der Waals surface area contributed by atoms with Crippen LogP contribution in [0, 0.1) is 5.82 Å². The zero-order chi connectivity index (χ0) is 18.4. The van der Waals surface area contributed by atoms with E-state index in [1.807, 2.05) is 24.3 Å². The molecule has 1 saturated heterocycles. The number of hydrogen-bond donors (Lipinski definition) is 2. The van der Waals surface area contributed by atoms with Gasteiger partial charge < -0.3 is 15.1 Å².